The molecule has 1 N–H and O–H groups in total. The van der Waals surface area contributed by atoms with Crippen LogP contribution in [0.4, 0.5) is 0 Å². The minimum atomic E-state index is 0.125. The van der Waals surface area contributed by atoms with E-state index in [1.54, 1.807) is 11.3 Å². The first-order valence-corrected chi connectivity index (χ1v) is 8.55. The fraction of sp³-hybridized carbons (Fsp3) is 0.643. The molecule has 0 saturated carbocycles. The summed E-state index contributed by atoms with van der Waals surface area (Å²) in [5.41, 5.74) is 1.41. The van der Waals surface area contributed by atoms with E-state index in [9.17, 15) is 0 Å². The summed E-state index contributed by atoms with van der Waals surface area (Å²) in [5.74, 6) is 1.81. The Morgan fingerprint density at radius 2 is 2.16 bits per heavy atom. The predicted octanol–water partition coefficient (Wildman–Crippen LogP) is 4.03. The molecule has 0 amide bonds. The summed E-state index contributed by atoms with van der Waals surface area (Å²) >= 11 is 3.57. The Balaban J connectivity index is 2.21. The quantitative estimate of drug-likeness (QED) is 0.845. The van der Waals surface area contributed by atoms with Crippen LogP contribution in [0.5, 0.6) is 0 Å². The zero-order chi connectivity index (χ0) is 14.0. The molecule has 0 aliphatic carbocycles. The molecular formula is C14H23N3S2. The van der Waals surface area contributed by atoms with Crippen molar-refractivity contribution in [2.75, 3.05) is 5.75 Å². The van der Waals surface area contributed by atoms with E-state index < -0.39 is 0 Å². The highest BCUT2D eigenvalue weighted by Gasteiger charge is 2.16. The lowest BCUT2D eigenvalue weighted by molar-refractivity contribution is 0.418. The Kier molecular flexibility index (Phi) is 4.58. The van der Waals surface area contributed by atoms with Crippen molar-refractivity contribution in [1.29, 1.82) is 0 Å². The van der Waals surface area contributed by atoms with Crippen LogP contribution in [-0.4, -0.2) is 20.7 Å². The third-order valence-electron chi connectivity index (χ3n) is 2.66. The molecule has 0 fully saturated rings. The van der Waals surface area contributed by atoms with Crippen LogP contribution in [0.3, 0.4) is 0 Å². The van der Waals surface area contributed by atoms with Gasteiger partial charge in [-0.1, -0.05) is 13.8 Å². The molecule has 2 aromatic rings. The van der Waals surface area contributed by atoms with Gasteiger partial charge in [-0.3, -0.25) is 4.40 Å². The van der Waals surface area contributed by atoms with Crippen LogP contribution in [-0.2, 0) is 6.54 Å². The zero-order valence-corrected chi connectivity index (χ0v) is 14.0. The Bertz CT molecular complexity index is 534. The summed E-state index contributed by atoms with van der Waals surface area (Å²) in [4.78, 5) is 5.84. The van der Waals surface area contributed by atoms with Crippen LogP contribution >= 0.6 is 23.1 Å². The highest BCUT2D eigenvalue weighted by molar-refractivity contribution is 7.99. The van der Waals surface area contributed by atoms with E-state index in [0.29, 0.717) is 5.92 Å². The topological polar surface area (TPSA) is 29.3 Å². The first-order valence-electron chi connectivity index (χ1n) is 6.69. The van der Waals surface area contributed by atoms with Gasteiger partial charge in [0, 0.05) is 29.4 Å². The van der Waals surface area contributed by atoms with E-state index in [0.717, 1.165) is 17.3 Å². The maximum absolute atomic E-state index is 4.75. The van der Waals surface area contributed by atoms with E-state index in [1.807, 2.05) is 11.8 Å². The van der Waals surface area contributed by atoms with Crippen LogP contribution in [0.15, 0.2) is 16.6 Å². The van der Waals surface area contributed by atoms with Gasteiger partial charge in [-0.15, -0.1) is 23.1 Å². The minimum Gasteiger partial charge on any atom is -0.306 e. The van der Waals surface area contributed by atoms with Gasteiger partial charge in [-0.25, -0.2) is 4.98 Å². The zero-order valence-electron chi connectivity index (χ0n) is 12.4. The monoisotopic (exact) mass is 297 g/mol. The van der Waals surface area contributed by atoms with Crippen molar-refractivity contribution in [3.63, 3.8) is 0 Å². The summed E-state index contributed by atoms with van der Waals surface area (Å²) in [7, 11) is 0. The molecule has 19 heavy (non-hydrogen) atoms. The van der Waals surface area contributed by atoms with Crippen molar-refractivity contribution in [3.8, 4) is 0 Å². The first-order chi connectivity index (χ1) is 8.87. The smallest absolute Gasteiger partial charge is 0.194 e. The first kappa shape index (κ1) is 14.9. The Morgan fingerprint density at radius 3 is 2.79 bits per heavy atom. The van der Waals surface area contributed by atoms with E-state index in [1.165, 1.54) is 10.7 Å². The molecule has 0 spiro atoms. The Labute approximate surface area is 123 Å². The standard InChI is InChI=1S/C14H23N3S2/c1-10(2)9-19-12-11(8-15-14(3,4)5)17-6-7-18-13(17)16-12/h6-7,10,15H,8-9H2,1-5H3. The van der Waals surface area contributed by atoms with Crippen molar-refractivity contribution in [1.82, 2.24) is 14.7 Å². The van der Waals surface area contributed by atoms with E-state index >= 15 is 0 Å². The number of nitrogens with zero attached hydrogens (tertiary/aromatic N) is 2. The molecule has 0 saturated heterocycles. The second-order valence-corrected chi connectivity index (χ2v) is 8.11. The van der Waals surface area contributed by atoms with Gasteiger partial charge in [-0.2, -0.15) is 0 Å². The Morgan fingerprint density at radius 1 is 1.42 bits per heavy atom. The lowest BCUT2D eigenvalue weighted by atomic mass is 10.1. The number of thiazole rings is 1. The number of hydrogen-bond acceptors (Lipinski definition) is 4. The van der Waals surface area contributed by atoms with Gasteiger partial charge >= 0.3 is 0 Å². The summed E-state index contributed by atoms with van der Waals surface area (Å²) in [5, 5.41) is 6.84. The molecule has 0 aliphatic heterocycles. The Hall–Kier alpha value is -0.520. The molecule has 106 valence electrons. The number of rotatable bonds is 5. The molecule has 2 heterocycles. The normalized spacial score (nSPS) is 12.7. The molecule has 2 rings (SSSR count). The molecule has 0 aliphatic rings. The highest BCUT2D eigenvalue weighted by Crippen LogP contribution is 2.27. The molecule has 3 nitrogen and oxygen atoms in total. The van der Waals surface area contributed by atoms with Gasteiger partial charge in [0.1, 0.15) is 5.03 Å². The molecule has 0 atom stereocenters. The number of aromatic nitrogens is 2. The summed E-state index contributed by atoms with van der Waals surface area (Å²) in [6.07, 6.45) is 2.12. The van der Waals surface area contributed by atoms with Crippen LogP contribution in [0.25, 0.3) is 4.96 Å². The summed E-state index contributed by atoms with van der Waals surface area (Å²) in [6.45, 7) is 11.9. The van der Waals surface area contributed by atoms with Gasteiger partial charge in [0.25, 0.3) is 0 Å². The fourth-order valence-electron chi connectivity index (χ4n) is 1.68. The van der Waals surface area contributed by atoms with Crippen molar-refractivity contribution >= 4 is 28.1 Å². The molecule has 2 aromatic heterocycles. The van der Waals surface area contributed by atoms with Gasteiger partial charge in [0.15, 0.2) is 4.96 Å². The van der Waals surface area contributed by atoms with E-state index in [4.69, 9.17) is 4.98 Å². The predicted molar refractivity (Wildman–Crippen MR) is 85.2 cm³/mol. The van der Waals surface area contributed by atoms with Gasteiger partial charge in [0.05, 0.1) is 5.69 Å². The highest BCUT2D eigenvalue weighted by atomic mass is 32.2. The lowest BCUT2D eigenvalue weighted by Crippen LogP contribution is -2.35. The number of thioether (sulfide) groups is 1. The van der Waals surface area contributed by atoms with Crippen LogP contribution < -0.4 is 5.32 Å². The molecule has 5 heteroatoms. The fourth-order valence-corrected chi connectivity index (χ4v) is 3.45. The minimum absolute atomic E-state index is 0.125. The number of hydrogen-bond donors (Lipinski definition) is 1. The van der Waals surface area contributed by atoms with Gasteiger partial charge < -0.3 is 5.32 Å². The average molecular weight is 297 g/mol. The molecule has 0 unspecified atom stereocenters. The van der Waals surface area contributed by atoms with E-state index in [-0.39, 0.29) is 5.54 Å². The lowest BCUT2D eigenvalue weighted by Gasteiger charge is -2.20. The van der Waals surface area contributed by atoms with Crippen LogP contribution in [0.2, 0.25) is 0 Å². The number of fused-ring (bicyclic) bond motifs is 1. The second kappa shape index (κ2) is 5.85. The van der Waals surface area contributed by atoms with Crippen molar-refractivity contribution in [3.05, 3.63) is 17.3 Å². The van der Waals surface area contributed by atoms with Crippen LogP contribution in [0.1, 0.15) is 40.3 Å². The second-order valence-electron chi connectivity index (χ2n) is 6.23. The van der Waals surface area contributed by atoms with E-state index in [2.05, 4.69) is 55.9 Å². The average Bonchev–Trinajstić information content (AvgIpc) is 2.82. The molecule has 0 aromatic carbocycles. The molecular weight excluding hydrogens is 274 g/mol. The van der Waals surface area contributed by atoms with Crippen molar-refractivity contribution in [2.45, 2.75) is 51.7 Å². The maximum atomic E-state index is 4.75. The third-order valence-corrected chi connectivity index (χ3v) is 4.85. The van der Waals surface area contributed by atoms with Crippen molar-refractivity contribution in [2.24, 2.45) is 5.92 Å². The largest absolute Gasteiger partial charge is 0.306 e. The molecule has 0 radical (unpaired) electrons. The van der Waals surface area contributed by atoms with Crippen LogP contribution in [0, 0.1) is 5.92 Å². The number of imidazole rings is 1. The van der Waals surface area contributed by atoms with Gasteiger partial charge in [0.2, 0.25) is 0 Å². The SMILES string of the molecule is CC(C)CSc1nc2sccn2c1CNC(C)(C)C. The maximum Gasteiger partial charge on any atom is 0.194 e. The van der Waals surface area contributed by atoms with Gasteiger partial charge in [-0.05, 0) is 26.7 Å². The summed E-state index contributed by atoms with van der Waals surface area (Å²) < 4.78 is 2.21. The number of nitrogens with one attached hydrogen (secondary N) is 1. The summed E-state index contributed by atoms with van der Waals surface area (Å²) in [6, 6.07) is 0. The molecule has 0 bridgehead atoms. The van der Waals surface area contributed by atoms with Crippen molar-refractivity contribution < 1.29 is 0 Å². The third kappa shape index (κ3) is 3.97.